The Hall–Kier alpha value is -18.3. The second kappa shape index (κ2) is 32.1. The number of fused-ring (bicyclic) bond motifs is 41. The fourth-order valence-corrected chi connectivity index (χ4v) is 27.7. The predicted octanol–water partition coefficient (Wildman–Crippen LogP) is 36.3. The van der Waals surface area contributed by atoms with Crippen molar-refractivity contribution in [1.29, 1.82) is 0 Å². The van der Waals surface area contributed by atoms with Crippen molar-refractivity contribution in [3.8, 4) is 73.9 Å². The number of hydrogen-bond acceptors (Lipinski definition) is 13. The van der Waals surface area contributed by atoms with Gasteiger partial charge in [0.15, 0.2) is 11.4 Å². The third-order valence-corrected chi connectivity index (χ3v) is 33.8. The first kappa shape index (κ1) is 81.5. The number of rotatable bonds is 8. The average molecular weight is 1920 g/mol. The van der Waals surface area contributed by atoms with E-state index < -0.39 is 0 Å². The number of aromatic nitrogens is 10. The van der Waals surface area contributed by atoms with Crippen molar-refractivity contribution in [2.45, 2.75) is 0 Å². The van der Waals surface area contributed by atoms with E-state index in [0.29, 0.717) is 34.7 Å². The molecule has 0 aliphatic carbocycles. The second-order valence-electron chi connectivity index (χ2n) is 37.0. The van der Waals surface area contributed by atoms with Crippen LogP contribution in [0.1, 0.15) is 0 Å². The molecule has 0 atom stereocenters. The molecule has 16 heteroatoms. The lowest BCUT2D eigenvalue weighted by Gasteiger charge is -2.14. The second-order valence-corrected chi connectivity index (χ2v) is 41.2. The first-order valence-corrected chi connectivity index (χ1v) is 51.7. The van der Waals surface area contributed by atoms with Crippen molar-refractivity contribution < 1.29 is 8.83 Å². The van der Waals surface area contributed by atoms with Crippen molar-refractivity contribution in [3.63, 3.8) is 0 Å². The highest BCUT2D eigenvalue weighted by molar-refractivity contribution is 7.28. The third kappa shape index (κ3) is 12.3. The quantitative estimate of drug-likeness (QED) is 0.146. The van der Waals surface area contributed by atoms with Gasteiger partial charge in [-0.1, -0.05) is 340 Å². The summed E-state index contributed by atoms with van der Waals surface area (Å²) in [6, 6.07) is 153. The molecule has 0 saturated carbocycles. The molecule has 12 nitrogen and oxygen atoms in total. The van der Waals surface area contributed by atoms with Crippen LogP contribution >= 0.6 is 45.3 Å². The van der Waals surface area contributed by atoms with Crippen LogP contribution in [0.3, 0.4) is 0 Å². The molecule has 0 amide bonds. The maximum absolute atomic E-state index is 6.73. The molecule has 0 saturated heterocycles. The maximum Gasteiger partial charge on any atom is 0.248 e. The fraction of sp³-hybridized carbons (Fsp3) is 0. The first-order chi connectivity index (χ1) is 72.0. The zero-order chi connectivity index (χ0) is 94.7. The van der Waals surface area contributed by atoms with Crippen molar-refractivity contribution in [2.24, 2.45) is 0 Å². The van der Waals surface area contributed by atoms with Crippen LogP contribution in [0.5, 0.6) is 0 Å². The molecule has 0 aliphatic heterocycles. The Morgan fingerprint density at radius 2 is 0.648 bits per heavy atom. The highest BCUT2D eigenvalue weighted by Gasteiger charge is 2.32. The molecule has 145 heavy (non-hydrogen) atoms. The van der Waals surface area contributed by atoms with Gasteiger partial charge in [0.05, 0.1) is 54.7 Å². The number of thiophene rings is 4. The van der Waals surface area contributed by atoms with E-state index in [1.165, 1.54) is 141 Å². The lowest BCUT2D eigenvalue weighted by Crippen LogP contribution is -2.04. The molecule has 0 bridgehead atoms. The molecule has 0 N–H and O–H groups in total. The van der Waals surface area contributed by atoms with Crippen molar-refractivity contribution in [2.75, 3.05) is 0 Å². The molecule has 33 aromatic rings. The van der Waals surface area contributed by atoms with E-state index in [1.54, 1.807) is 17.5 Å². The standard InChI is InChI=1S/C50H29N3S2.C42H23N3OS.C37H20N4OS/c1-3-15-30(16-4-1)32-27-33(31-17-5-2-6-18-31)29-34(28-32)45-49-46(39-23-11-14-26-42(39)55-49)52-50(51-45)53-40-24-12-9-21-37(40)43-35-19-7-8-20-36(35)48-44(47(43)53)38-22-10-13-25-41(38)54-48;1-2-13-25(14-3-1)36-40-37(31-23-22-24-12-4-5-15-26(24)39(31)46-40)44-42(43-36)45-32-20-10-8-18-29(32)34-35-30-19-9-11-21-33(30)47-41(35)28-17-7-6-16-27(28)38(34)45;1-2-12-22-21(11-1)30-25-15-5-8-19-29(25)43-35(30)31-23-13-3-6-17-27(23)41(34(22)31)36-33(26-16-9-10-20-38-26)39-32-24-14-4-7-18-28(24)42-37(32)40-36/h1-29H;1-23H;1-20H. The molecule has 674 valence electrons. The van der Waals surface area contributed by atoms with Crippen LogP contribution < -0.4 is 0 Å². The summed E-state index contributed by atoms with van der Waals surface area (Å²) in [6.45, 7) is 0. The van der Waals surface area contributed by atoms with Gasteiger partial charge in [0.2, 0.25) is 17.6 Å². The summed E-state index contributed by atoms with van der Waals surface area (Å²) in [5.41, 5.74) is 21.8. The normalized spacial score (nSPS) is 12.1. The van der Waals surface area contributed by atoms with Crippen molar-refractivity contribution in [3.05, 3.63) is 437 Å². The Morgan fingerprint density at radius 3 is 1.29 bits per heavy atom. The Labute approximate surface area is 840 Å². The van der Waals surface area contributed by atoms with Crippen LogP contribution in [-0.2, 0) is 0 Å². The van der Waals surface area contributed by atoms with Crippen LogP contribution in [0.25, 0.3) is 307 Å². The monoisotopic (exact) mass is 1920 g/mol. The number of hydrogen-bond donors (Lipinski definition) is 0. The minimum atomic E-state index is 0.508. The van der Waals surface area contributed by atoms with E-state index in [2.05, 4.69) is 384 Å². The number of para-hydroxylation sites is 4. The molecule has 0 aliphatic rings. The molecule has 20 aromatic carbocycles. The molecule has 0 unspecified atom stereocenters. The highest BCUT2D eigenvalue weighted by atomic mass is 32.1. The molecule has 13 aromatic heterocycles. The summed E-state index contributed by atoms with van der Waals surface area (Å²) in [6.07, 6.45) is 1.81. The lowest BCUT2D eigenvalue weighted by atomic mass is 9.95. The molecule has 0 fully saturated rings. The Bertz CT molecular complexity index is 11200. The van der Waals surface area contributed by atoms with E-state index in [0.717, 1.165) is 132 Å². The van der Waals surface area contributed by atoms with Crippen LogP contribution in [0, 0.1) is 0 Å². The van der Waals surface area contributed by atoms with Gasteiger partial charge in [0, 0.05) is 158 Å². The molecule has 33 rings (SSSR count). The summed E-state index contributed by atoms with van der Waals surface area (Å²) in [5.74, 6) is 2.00. The SMILES string of the molecule is c1ccc(-c2cc(-c3ccccc3)cc(-c3nc(-n4c5ccccc5c5c6ccccc6c6sc7ccccc7c6c54)nc4c3sc3ccccc34)c2)cc1.c1ccc(-c2nc(-n3c4ccccc4c4c5c6ccccc6sc5c5ccccc5c43)nc3c2oc2c4ccccc4ccc32)cc1.c1ccc(-c2nc3c(nc2-n2c4ccccc4c4c5sc6ccccc6c5c5ccccc5c42)oc2ccccc23)nc1. The van der Waals surface area contributed by atoms with Crippen molar-refractivity contribution >= 4 is 279 Å². The van der Waals surface area contributed by atoms with Gasteiger partial charge in [-0.25, -0.2) is 24.9 Å². The molecular weight excluding hydrogens is 1850 g/mol. The molecule has 13 heterocycles. The average Bonchev–Trinajstić information content (AvgIpc) is 1.54. The number of benzene rings is 20. The van der Waals surface area contributed by atoms with Gasteiger partial charge in [-0.05, 0) is 129 Å². The fourth-order valence-electron chi connectivity index (χ4n) is 22.8. The van der Waals surface area contributed by atoms with Crippen LogP contribution in [0.4, 0.5) is 0 Å². The number of furan rings is 2. The van der Waals surface area contributed by atoms with Gasteiger partial charge in [-0.15, -0.1) is 45.3 Å². The van der Waals surface area contributed by atoms with Gasteiger partial charge in [0.25, 0.3) is 0 Å². The minimum Gasteiger partial charge on any atom is -0.451 e. The summed E-state index contributed by atoms with van der Waals surface area (Å²) < 4.78 is 30.0. The van der Waals surface area contributed by atoms with Gasteiger partial charge >= 0.3 is 0 Å². The first-order valence-electron chi connectivity index (χ1n) is 48.5. The summed E-state index contributed by atoms with van der Waals surface area (Å²) in [7, 11) is 0. The summed E-state index contributed by atoms with van der Waals surface area (Å²) in [5, 5.41) is 27.5. The number of pyridine rings is 1. The maximum atomic E-state index is 6.73. The summed E-state index contributed by atoms with van der Waals surface area (Å²) in [4.78, 5) is 37.3. The van der Waals surface area contributed by atoms with Crippen LogP contribution in [0.2, 0.25) is 0 Å². The molecule has 0 spiro atoms. The smallest absolute Gasteiger partial charge is 0.248 e. The topological polar surface area (TPSA) is 131 Å². The largest absolute Gasteiger partial charge is 0.451 e. The van der Waals surface area contributed by atoms with Gasteiger partial charge in [0.1, 0.15) is 33.6 Å². The Morgan fingerprint density at radius 1 is 0.214 bits per heavy atom. The minimum absolute atomic E-state index is 0.508. The predicted molar refractivity (Wildman–Crippen MR) is 610 cm³/mol. The van der Waals surface area contributed by atoms with E-state index in [1.807, 2.05) is 94.7 Å². The number of nitrogens with zero attached hydrogens (tertiary/aromatic N) is 10. The van der Waals surface area contributed by atoms with Crippen molar-refractivity contribution in [1.82, 2.24) is 48.6 Å². The van der Waals surface area contributed by atoms with Crippen LogP contribution in [0.15, 0.2) is 446 Å². The lowest BCUT2D eigenvalue weighted by molar-refractivity contribution is 0.652. The van der Waals surface area contributed by atoms with E-state index in [9.17, 15) is 0 Å². The Kier molecular flexibility index (Phi) is 18.1. The van der Waals surface area contributed by atoms with E-state index in [4.69, 9.17) is 43.7 Å². The third-order valence-electron chi connectivity index (χ3n) is 29.0. The zero-order valence-electron chi connectivity index (χ0n) is 77.0. The molecular formula is C129H72N10O2S4. The van der Waals surface area contributed by atoms with Gasteiger partial charge in [-0.2, -0.15) is 4.98 Å². The Balaban J connectivity index is 0.0000000998. The highest BCUT2D eigenvalue weighted by Crippen LogP contribution is 2.55. The summed E-state index contributed by atoms with van der Waals surface area (Å²) >= 11 is 7.37. The molecule has 0 radical (unpaired) electrons. The van der Waals surface area contributed by atoms with Crippen LogP contribution in [-0.4, -0.2) is 48.6 Å². The van der Waals surface area contributed by atoms with E-state index >= 15 is 0 Å². The zero-order valence-corrected chi connectivity index (χ0v) is 80.3. The van der Waals surface area contributed by atoms with E-state index in [-0.39, 0.29) is 0 Å². The van der Waals surface area contributed by atoms with Gasteiger partial charge in [-0.3, -0.25) is 18.7 Å². The van der Waals surface area contributed by atoms with Gasteiger partial charge < -0.3 is 8.83 Å².